The molecule has 0 bridgehead atoms. The number of carbonyl (C=O) groups is 2. The summed E-state index contributed by atoms with van der Waals surface area (Å²) in [5.74, 6) is 1.23. The molecule has 3 aromatic rings. The van der Waals surface area contributed by atoms with Gasteiger partial charge in [-0.05, 0) is 66.1 Å². The minimum atomic E-state index is -0.350. The van der Waals surface area contributed by atoms with E-state index in [9.17, 15) is 9.59 Å². The monoisotopic (exact) mass is 489 g/mol. The SMILES string of the molecule is COc1ccc(-c2cccc(CNCC[C@@H]3CN(c4ccc5c(c4)NC(=O)CS5)C(=O)O3)c2)cc1. The second kappa shape index (κ2) is 10.4. The molecule has 2 heterocycles. The Kier molecular flexibility index (Phi) is 6.92. The van der Waals surface area contributed by atoms with Crippen molar-refractivity contribution >= 4 is 35.1 Å². The number of nitrogens with zero attached hydrogens (tertiary/aromatic N) is 1. The molecule has 2 N–H and O–H groups in total. The summed E-state index contributed by atoms with van der Waals surface area (Å²) in [5, 5.41) is 6.33. The van der Waals surface area contributed by atoms with E-state index in [0.29, 0.717) is 12.3 Å². The van der Waals surface area contributed by atoms with Gasteiger partial charge in [-0.25, -0.2) is 4.79 Å². The number of thioether (sulfide) groups is 1. The highest BCUT2D eigenvalue weighted by atomic mass is 32.2. The van der Waals surface area contributed by atoms with E-state index in [4.69, 9.17) is 9.47 Å². The van der Waals surface area contributed by atoms with E-state index >= 15 is 0 Å². The molecule has 5 rings (SSSR count). The Hall–Kier alpha value is -3.49. The van der Waals surface area contributed by atoms with Gasteiger partial charge in [-0.3, -0.25) is 9.69 Å². The third-order valence-electron chi connectivity index (χ3n) is 6.10. The molecule has 0 unspecified atom stereocenters. The van der Waals surface area contributed by atoms with Gasteiger partial charge in [0.25, 0.3) is 0 Å². The van der Waals surface area contributed by atoms with Crippen LogP contribution in [0.5, 0.6) is 5.75 Å². The fourth-order valence-electron chi connectivity index (χ4n) is 4.26. The van der Waals surface area contributed by atoms with Crippen LogP contribution in [-0.4, -0.2) is 44.1 Å². The molecule has 7 nitrogen and oxygen atoms in total. The maximum atomic E-state index is 12.5. The van der Waals surface area contributed by atoms with Gasteiger partial charge in [0, 0.05) is 17.1 Å². The quantitative estimate of drug-likeness (QED) is 0.438. The maximum absolute atomic E-state index is 12.5. The van der Waals surface area contributed by atoms with Gasteiger partial charge in [0.2, 0.25) is 5.91 Å². The van der Waals surface area contributed by atoms with E-state index in [0.717, 1.165) is 52.7 Å². The molecule has 1 fully saturated rings. The van der Waals surface area contributed by atoms with Crippen LogP contribution >= 0.6 is 11.8 Å². The highest BCUT2D eigenvalue weighted by Gasteiger charge is 2.32. The summed E-state index contributed by atoms with van der Waals surface area (Å²) in [6, 6.07) is 22.2. The van der Waals surface area contributed by atoms with E-state index in [1.807, 2.05) is 30.3 Å². The Labute approximate surface area is 208 Å². The standard InChI is InChI=1S/C27H27N3O4S/c1-33-22-8-5-19(6-9-22)20-4-2-3-18(13-20)15-28-12-11-23-16-30(27(32)34-23)21-7-10-25-24(14-21)29-26(31)17-35-25/h2-10,13-14,23,28H,11-12,15-17H2,1H3,(H,29,31)/t23-/m1/s1. The number of carbonyl (C=O) groups excluding carboxylic acids is 2. The van der Waals surface area contributed by atoms with Crippen LogP contribution in [0.1, 0.15) is 12.0 Å². The van der Waals surface area contributed by atoms with Crippen molar-refractivity contribution in [3.8, 4) is 16.9 Å². The summed E-state index contributed by atoms with van der Waals surface area (Å²) in [7, 11) is 1.67. The van der Waals surface area contributed by atoms with E-state index in [2.05, 4.69) is 47.0 Å². The first kappa shape index (κ1) is 23.3. The molecular weight excluding hydrogens is 462 g/mol. The summed E-state index contributed by atoms with van der Waals surface area (Å²) < 4.78 is 10.8. The molecule has 35 heavy (non-hydrogen) atoms. The molecule has 0 aliphatic carbocycles. The molecule has 1 atom stereocenters. The Balaban J connectivity index is 1.12. The first-order chi connectivity index (χ1) is 17.1. The largest absolute Gasteiger partial charge is 0.497 e. The molecular formula is C27H27N3O4S. The van der Waals surface area contributed by atoms with Crippen molar-refractivity contribution in [2.75, 3.05) is 36.2 Å². The molecule has 0 aromatic heterocycles. The average Bonchev–Trinajstić information content (AvgIpc) is 3.26. The minimum absolute atomic E-state index is 0.0258. The van der Waals surface area contributed by atoms with E-state index in [-0.39, 0.29) is 18.1 Å². The molecule has 180 valence electrons. The van der Waals surface area contributed by atoms with Gasteiger partial charge in [0.15, 0.2) is 0 Å². The Bertz CT molecular complexity index is 1230. The van der Waals surface area contributed by atoms with Crippen LogP contribution < -0.4 is 20.3 Å². The van der Waals surface area contributed by atoms with Gasteiger partial charge in [-0.1, -0.05) is 30.3 Å². The van der Waals surface area contributed by atoms with Gasteiger partial charge in [0.1, 0.15) is 11.9 Å². The zero-order chi connectivity index (χ0) is 24.2. The topological polar surface area (TPSA) is 79.9 Å². The fraction of sp³-hybridized carbons (Fsp3) is 0.259. The molecule has 0 radical (unpaired) electrons. The van der Waals surface area contributed by atoms with Gasteiger partial charge in [-0.15, -0.1) is 11.8 Å². The number of benzene rings is 3. The lowest BCUT2D eigenvalue weighted by Crippen LogP contribution is -2.26. The van der Waals surface area contributed by atoms with Crippen molar-refractivity contribution in [2.45, 2.75) is 24.0 Å². The lowest BCUT2D eigenvalue weighted by molar-refractivity contribution is -0.113. The number of hydrogen-bond donors (Lipinski definition) is 2. The summed E-state index contributed by atoms with van der Waals surface area (Å²) in [6.45, 7) is 1.96. The molecule has 2 aliphatic heterocycles. The van der Waals surface area contributed by atoms with Crippen LogP contribution in [-0.2, 0) is 16.1 Å². The number of ether oxygens (including phenoxy) is 2. The van der Waals surface area contributed by atoms with Crippen LogP contribution in [0.3, 0.4) is 0 Å². The second-order valence-electron chi connectivity index (χ2n) is 8.53. The van der Waals surface area contributed by atoms with Crippen molar-refractivity contribution in [3.05, 3.63) is 72.3 Å². The fourth-order valence-corrected chi connectivity index (χ4v) is 5.05. The predicted octanol–water partition coefficient (Wildman–Crippen LogP) is 4.91. The highest BCUT2D eigenvalue weighted by Crippen LogP contribution is 2.35. The summed E-state index contributed by atoms with van der Waals surface area (Å²) in [6.07, 6.45) is 0.190. The third kappa shape index (κ3) is 5.44. The summed E-state index contributed by atoms with van der Waals surface area (Å²) >= 11 is 1.50. The predicted molar refractivity (Wildman–Crippen MR) is 138 cm³/mol. The summed E-state index contributed by atoms with van der Waals surface area (Å²) in [4.78, 5) is 26.8. The van der Waals surface area contributed by atoms with Crippen molar-refractivity contribution in [1.29, 1.82) is 0 Å². The molecule has 0 spiro atoms. The van der Waals surface area contributed by atoms with Gasteiger partial charge in [0.05, 0.1) is 25.1 Å². The van der Waals surface area contributed by atoms with Crippen molar-refractivity contribution in [1.82, 2.24) is 5.32 Å². The van der Waals surface area contributed by atoms with Gasteiger partial charge < -0.3 is 20.1 Å². The second-order valence-corrected chi connectivity index (χ2v) is 9.55. The normalized spacial score (nSPS) is 17.1. The van der Waals surface area contributed by atoms with Crippen molar-refractivity contribution < 1.29 is 19.1 Å². The first-order valence-corrected chi connectivity index (χ1v) is 12.6. The Morgan fingerprint density at radius 2 is 1.94 bits per heavy atom. The number of anilines is 2. The van der Waals surface area contributed by atoms with E-state index < -0.39 is 0 Å². The molecule has 2 amide bonds. The van der Waals surface area contributed by atoms with Crippen molar-refractivity contribution in [3.63, 3.8) is 0 Å². The van der Waals surface area contributed by atoms with Crippen molar-refractivity contribution in [2.24, 2.45) is 0 Å². The zero-order valence-electron chi connectivity index (χ0n) is 19.5. The molecule has 0 saturated carbocycles. The van der Waals surface area contributed by atoms with Crippen LogP contribution in [0.4, 0.5) is 16.2 Å². The van der Waals surface area contributed by atoms with Crippen LogP contribution in [0, 0.1) is 0 Å². The molecule has 8 heteroatoms. The minimum Gasteiger partial charge on any atom is -0.497 e. The van der Waals surface area contributed by atoms with Gasteiger partial charge >= 0.3 is 6.09 Å². The number of amides is 2. The summed E-state index contributed by atoms with van der Waals surface area (Å²) in [5.41, 5.74) is 4.98. The zero-order valence-corrected chi connectivity index (χ0v) is 20.3. The first-order valence-electron chi connectivity index (χ1n) is 11.6. The Morgan fingerprint density at radius 3 is 2.77 bits per heavy atom. The number of methoxy groups -OCH3 is 1. The number of hydrogen-bond acceptors (Lipinski definition) is 6. The van der Waals surface area contributed by atoms with E-state index in [1.54, 1.807) is 12.0 Å². The molecule has 1 saturated heterocycles. The smallest absolute Gasteiger partial charge is 0.414 e. The van der Waals surface area contributed by atoms with Gasteiger partial charge in [-0.2, -0.15) is 0 Å². The van der Waals surface area contributed by atoms with Crippen LogP contribution in [0.15, 0.2) is 71.6 Å². The number of cyclic esters (lactones) is 1. The molecule has 2 aliphatic rings. The lowest BCUT2D eigenvalue weighted by atomic mass is 10.0. The number of rotatable bonds is 8. The van der Waals surface area contributed by atoms with Crippen LogP contribution in [0.2, 0.25) is 0 Å². The highest BCUT2D eigenvalue weighted by molar-refractivity contribution is 8.00. The number of fused-ring (bicyclic) bond motifs is 1. The molecule has 3 aromatic carbocycles. The third-order valence-corrected chi connectivity index (χ3v) is 7.18. The number of nitrogens with one attached hydrogen (secondary N) is 2. The van der Waals surface area contributed by atoms with Crippen LogP contribution in [0.25, 0.3) is 11.1 Å². The Morgan fingerprint density at radius 1 is 1.09 bits per heavy atom. The van der Waals surface area contributed by atoms with E-state index in [1.165, 1.54) is 17.3 Å². The maximum Gasteiger partial charge on any atom is 0.414 e. The lowest BCUT2D eigenvalue weighted by Gasteiger charge is -2.20. The average molecular weight is 490 g/mol.